The molecule has 0 aliphatic rings. The van der Waals surface area contributed by atoms with Gasteiger partial charge in [0.1, 0.15) is 6.61 Å². The van der Waals surface area contributed by atoms with Crippen molar-refractivity contribution >= 4 is 19.8 Å². The number of hydrogen-bond acceptors (Lipinski definition) is 9. The number of phosphoric ester groups is 1. The van der Waals surface area contributed by atoms with E-state index in [-0.39, 0.29) is 32.6 Å². The molecule has 308 valence electrons. The Kier molecular flexibility index (Phi) is 36.4. The number of rotatable bonds is 36. The number of unbranched alkanes of at least 4 members (excludes halogenated alkanes) is 8. The van der Waals surface area contributed by atoms with Crippen molar-refractivity contribution in [2.45, 2.75) is 148 Å². The predicted octanol–water partition coefficient (Wildman–Crippen LogP) is 10.2. The summed E-state index contributed by atoms with van der Waals surface area (Å²) in [5, 5.41) is 10.1. The zero-order valence-corrected chi connectivity index (χ0v) is 34.2. The Bertz CT molecular complexity index is 1180. The van der Waals surface area contributed by atoms with E-state index in [1.807, 2.05) is 18.2 Å². The van der Waals surface area contributed by atoms with Gasteiger partial charge in [-0.05, 0) is 70.6 Å². The number of carbonyl (C=O) groups is 2. The Morgan fingerprint density at radius 1 is 0.648 bits per heavy atom. The summed E-state index contributed by atoms with van der Waals surface area (Å²) < 4.78 is 32.6. The van der Waals surface area contributed by atoms with Crippen LogP contribution in [0.15, 0.2) is 85.1 Å². The lowest BCUT2D eigenvalue weighted by Gasteiger charge is -2.19. The van der Waals surface area contributed by atoms with Gasteiger partial charge in [-0.2, -0.15) is 0 Å². The smallest absolute Gasteiger partial charge is 0.462 e. The normalized spacial score (nSPS) is 14.8. The van der Waals surface area contributed by atoms with Gasteiger partial charge in [-0.25, -0.2) is 4.57 Å². The quantitative estimate of drug-likeness (QED) is 0.0184. The minimum absolute atomic E-state index is 0.0288. The van der Waals surface area contributed by atoms with E-state index in [1.165, 1.54) is 0 Å². The molecule has 0 aliphatic heterocycles. The van der Waals surface area contributed by atoms with Crippen molar-refractivity contribution in [2.75, 3.05) is 26.4 Å². The Hall–Kier alpha value is -2.85. The first-order chi connectivity index (χ1) is 26.2. The lowest BCUT2D eigenvalue weighted by Crippen LogP contribution is -2.29. The number of allylic oxidation sites excluding steroid dienone is 13. The van der Waals surface area contributed by atoms with Crippen molar-refractivity contribution < 1.29 is 42.7 Å². The monoisotopic (exact) mass is 777 g/mol. The van der Waals surface area contributed by atoms with Gasteiger partial charge in [-0.3, -0.25) is 18.6 Å². The van der Waals surface area contributed by atoms with Crippen LogP contribution in [0.25, 0.3) is 0 Å². The number of hydrogen-bond donors (Lipinski definition) is 3. The van der Waals surface area contributed by atoms with Gasteiger partial charge in [0.2, 0.25) is 0 Å². The van der Waals surface area contributed by atoms with Gasteiger partial charge in [0.15, 0.2) is 6.10 Å². The van der Waals surface area contributed by atoms with E-state index in [2.05, 4.69) is 74.6 Å². The van der Waals surface area contributed by atoms with E-state index in [9.17, 15) is 24.2 Å². The molecule has 0 aromatic carbocycles. The third-order valence-electron chi connectivity index (χ3n) is 7.88. The van der Waals surface area contributed by atoms with Crippen LogP contribution in [0.4, 0.5) is 0 Å². The largest absolute Gasteiger partial charge is 0.472 e. The maximum atomic E-state index is 12.6. The lowest BCUT2D eigenvalue weighted by atomic mass is 10.1. The van der Waals surface area contributed by atoms with Crippen LogP contribution in [0.3, 0.4) is 0 Å². The maximum Gasteiger partial charge on any atom is 0.472 e. The Labute approximate surface area is 326 Å². The number of ether oxygens (including phenoxy) is 2. The molecule has 2 unspecified atom stereocenters. The first-order valence-corrected chi connectivity index (χ1v) is 21.7. The Balaban J connectivity index is 4.35. The first-order valence-electron chi connectivity index (χ1n) is 20.2. The molecule has 0 spiro atoms. The number of esters is 2. The van der Waals surface area contributed by atoms with Gasteiger partial charge in [-0.1, -0.05) is 137 Å². The second kappa shape index (κ2) is 38.4. The zero-order chi connectivity index (χ0) is 39.8. The molecule has 0 amide bonds. The van der Waals surface area contributed by atoms with E-state index in [0.29, 0.717) is 19.3 Å². The molecule has 11 heteroatoms. The molecule has 4 N–H and O–H groups in total. The van der Waals surface area contributed by atoms with Crippen LogP contribution >= 0.6 is 7.82 Å². The summed E-state index contributed by atoms with van der Waals surface area (Å²) in [5.74, 6) is -0.944. The molecule has 0 aromatic heterocycles. The summed E-state index contributed by atoms with van der Waals surface area (Å²) >= 11 is 0. The molecule has 0 saturated heterocycles. The number of aliphatic hydroxyl groups is 1. The molecule has 0 aromatic rings. The van der Waals surface area contributed by atoms with Crippen LogP contribution in [0.1, 0.15) is 136 Å². The van der Waals surface area contributed by atoms with Crippen LogP contribution in [-0.2, 0) is 32.7 Å². The molecule has 0 aliphatic carbocycles. The fourth-order valence-electron chi connectivity index (χ4n) is 4.92. The SMILES string of the molecule is CC/C=C\C/C=C\C/C=C\C/C=C\CCCCCCC(=O)OC[C@H](COP(=O)(O)OCCN)OC(=O)CCCCCCCC(O)/C=C/C=C/C/C=C/CC. The molecule has 0 rings (SSSR count). The summed E-state index contributed by atoms with van der Waals surface area (Å²) in [6, 6.07) is 0. The standard InChI is InChI=1S/C43H72NO9P/c1-3-5-7-9-11-12-13-14-15-16-17-18-19-20-22-26-30-34-42(46)50-38-41(39-52-54(48,49)51-37-36-44)53-43(47)35-31-27-23-25-29-33-40(45)32-28-24-21-10-8-6-4-2/h5-8,11-12,14-15,17-18,21,24,28,32,40-41,45H,3-4,9-10,13,16,19-20,22-23,25-27,29-31,33-39,44H2,1-2H3,(H,48,49)/b7-5-,8-6+,12-11-,15-14-,18-17-,24-21+,32-28+/t40?,41-/m1/s1. The van der Waals surface area contributed by atoms with Crippen LogP contribution in [0, 0.1) is 0 Å². The molecule has 0 radical (unpaired) electrons. The van der Waals surface area contributed by atoms with Crippen molar-refractivity contribution in [1.82, 2.24) is 0 Å². The Morgan fingerprint density at radius 3 is 1.81 bits per heavy atom. The minimum Gasteiger partial charge on any atom is -0.462 e. The van der Waals surface area contributed by atoms with E-state index >= 15 is 0 Å². The number of carbonyl (C=O) groups excluding carboxylic acids is 2. The second-order valence-electron chi connectivity index (χ2n) is 12.9. The van der Waals surface area contributed by atoms with Crippen molar-refractivity contribution in [3.8, 4) is 0 Å². The molecule has 3 atom stereocenters. The highest BCUT2D eigenvalue weighted by Crippen LogP contribution is 2.43. The molecule has 0 saturated carbocycles. The van der Waals surface area contributed by atoms with Gasteiger partial charge in [-0.15, -0.1) is 0 Å². The third kappa shape index (κ3) is 37.5. The topological polar surface area (TPSA) is 155 Å². The van der Waals surface area contributed by atoms with Gasteiger partial charge in [0.05, 0.1) is 19.3 Å². The van der Waals surface area contributed by atoms with Crippen molar-refractivity contribution in [3.63, 3.8) is 0 Å². The lowest BCUT2D eigenvalue weighted by molar-refractivity contribution is -0.161. The Morgan fingerprint density at radius 2 is 1.19 bits per heavy atom. The summed E-state index contributed by atoms with van der Waals surface area (Å²) in [6.07, 6.45) is 43.5. The number of phosphoric acid groups is 1. The van der Waals surface area contributed by atoms with Crippen molar-refractivity contribution in [2.24, 2.45) is 5.73 Å². The third-order valence-corrected chi connectivity index (χ3v) is 8.86. The predicted molar refractivity (Wildman–Crippen MR) is 221 cm³/mol. The molecule has 0 fully saturated rings. The second-order valence-corrected chi connectivity index (χ2v) is 14.4. The minimum atomic E-state index is -4.41. The molecule has 0 heterocycles. The molecule has 54 heavy (non-hydrogen) atoms. The van der Waals surface area contributed by atoms with Gasteiger partial charge < -0.3 is 25.2 Å². The van der Waals surface area contributed by atoms with E-state index in [4.69, 9.17) is 24.3 Å². The highest BCUT2D eigenvalue weighted by Gasteiger charge is 2.26. The fraction of sp³-hybridized carbons (Fsp3) is 0.628. The van der Waals surface area contributed by atoms with Gasteiger partial charge in [0, 0.05) is 19.4 Å². The molecule has 10 nitrogen and oxygen atoms in total. The van der Waals surface area contributed by atoms with E-state index in [0.717, 1.165) is 89.9 Å². The van der Waals surface area contributed by atoms with Crippen molar-refractivity contribution in [1.29, 1.82) is 0 Å². The maximum absolute atomic E-state index is 12.6. The average Bonchev–Trinajstić information content (AvgIpc) is 3.15. The summed E-state index contributed by atoms with van der Waals surface area (Å²) in [5.41, 5.74) is 5.33. The van der Waals surface area contributed by atoms with Crippen LogP contribution < -0.4 is 5.73 Å². The molecular formula is C43H72NO9P. The summed E-state index contributed by atoms with van der Waals surface area (Å²) in [6.45, 7) is 3.31. The molecular weight excluding hydrogens is 705 g/mol. The van der Waals surface area contributed by atoms with Gasteiger partial charge >= 0.3 is 19.8 Å². The van der Waals surface area contributed by atoms with Gasteiger partial charge in [0.25, 0.3) is 0 Å². The van der Waals surface area contributed by atoms with Crippen molar-refractivity contribution in [3.05, 3.63) is 85.1 Å². The van der Waals surface area contributed by atoms with Crippen LogP contribution in [0.5, 0.6) is 0 Å². The average molecular weight is 778 g/mol. The van der Waals surface area contributed by atoms with Crippen LogP contribution in [-0.4, -0.2) is 60.5 Å². The highest BCUT2D eigenvalue weighted by atomic mass is 31.2. The fourth-order valence-corrected chi connectivity index (χ4v) is 5.69. The number of nitrogens with two attached hydrogens (primary N) is 1. The first kappa shape index (κ1) is 51.1. The van der Waals surface area contributed by atoms with E-state index < -0.39 is 38.6 Å². The highest BCUT2D eigenvalue weighted by molar-refractivity contribution is 7.47. The molecule has 0 bridgehead atoms. The summed E-state index contributed by atoms with van der Waals surface area (Å²) in [4.78, 5) is 34.8. The van der Waals surface area contributed by atoms with E-state index in [1.54, 1.807) is 6.08 Å². The summed E-state index contributed by atoms with van der Waals surface area (Å²) in [7, 11) is -4.41. The number of aliphatic hydroxyl groups excluding tert-OH is 1. The van der Waals surface area contributed by atoms with Crippen LogP contribution in [0.2, 0.25) is 0 Å². The zero-order valence-electron chi connectivity index (χ0n) is 33.3.